The molecule has 0 heterocycles. The zero-order valence-corrected chi connectivity index (χ0v) is 9.20. The van der Waals surface area contributed by atoms with Gasteiger partial charge in [-0.25, -0.2) is 4.39 Å². The molecule has 0 radical (unpaired) electrons. The number of carbonyl (C=O) groups excluding carboxylic acids is 1. The molecule has 0 unspecified atom stereocenters. The number of hydrogen-bond donors (Lipinski definition) is 2. The van der Waals surface area contributed by atoms with Gasteiger partial charge in [0.15, 0.2) is 0 Å². The number of nitrogens with one attached hydrogen (secondary N) is 1. The van der Waals surface area contributed by atoms with Crippen LogP contribution in [-0.4, -0.2) is 30.6 Å². The zero-order valence-electron chi connectivity index (χ0n) is 9.20. The Labute approximate surface area is 97.2 Å². The smallest absolute Gasteiger partial charge is 0.322 e. The molecule has 0 saturated heterocycles. The SMILES string of the molecule is COc1ccc(F)cc1CC(=O)NCC(=O)O. The second-order valence-electron chi connectivity index (χ2n) is 3.30. The lowest BCUT2D eigenvalue weighted by molar-refractivity contribution is -0.137. The first-order valence-electron chi connectivity index (χ1n) is 4.84. The number of methoxy groups -OCH3 is 1. The van der Waals surface area contributed by atoms with Gasteiger partial charge in [0, 0.05) is 5.56 Å². The quantitative estimate of drug-likeness (QED) is 0.790. The zero-order chi connectivity index (χ0) is 12.8. The Bertz CT molecular complexity index is 433. The monoisotopic (exact) mass is 241 g/mol. The number of halogens is 1. The second kappa shape index (κ2) is 5.83. The molecule has 6 heteroatoms. The number of carboxylic acid groups (broad SMARTS) is 1. The van der Waals surface area contributed by atoms with Crippen LogP contribution in [0.3, 0.4) is 0 Å². The largest absolute Gasteiger partial charge is 0.496 e. The van der Waals surface area contributed by atoms with Crippen molar-refractivity contribution in [1.82, 2.24) is 5.32 Å². The normalized spacial score (nSPS) is 9.76. The summed E-state index contributed by atoms with van der Waals surface area (Å²) in [5.74, 6) is -1.73. The Hall–Kier alpha value is -2.11. The van der Waals surface area contributed by atoms with E-state index in [1.54, 1.807) is 0 Å². The van der Waals surface area contributed by atoms with Gasteiger partial charge in [-0.3, -0.25) is 9.59 Å². The highest BCUT2D eigenvalue weighted by Gasteiger charge is 2.10. The van der Waals surface area contributed by atoms with Crippen molar-refractivity contribution in [3.8, 4) is 5.75 Å². The van der Waals surface area contributed by atoms with Crippen molar-refractivity contribution in [2.45, 2.75) is 6.42 Å². The number of carbonyl (C=O) groups is 2. The minimum absolute atomic E-state index is 0.131. The van der Waals surface area contributed by atoms with Crippen molar-refractivity contribution < 1.29 is 23.8 Å². The van der Waals surface area contributed by atoms with Crippen molar-refractivity contribution >= 4 is 11.9 Å². The summed E-state index contributed by atoms with van der Waals surface area (Å²) in [6, 6.07) is 3.81. The molecule has 17 heavy (non-hydrogen) atoms. The van der Waals surface area contributed by atoms with Crippen molar-refractivity contribution in [2.24, 2.45) is 0 Å². The van der Waals surface area contributed by atoms with Crippen molar-refractivity contribution in [3.63, 3.8) is 0 Å². The molecule has 0 spiro atoms. The van der Waals surface area contributed by atoms with E-state index in [1.165, 1.54) is 25.3 Å². The molecule has 0 atom stereocenters. The van der Waals surface area contributed by atoms with E-state index in [0.717, 1.165) is 0 Å². The second-order valence-corrected chi connectivity index (χ2v) is 3.30. The number of rotatable bonds is 5. The molecule has 2 N–H and O–H groups in total. The minimum atomic E-state index is -1.13. The number of ether oxygens (including phenoxy) is 1. The highest BCUT2D eigenvalue weighted by molar-refractivity contribution is 5.83. The van der Waals surface area contributed by atoms with Crippen LogP contribution in [0, 0.1) is 5.82 Å². The van der Waals surface area contributed by atoms with Gasteiger partial charge in [-0.15, -0.1) is 0 Å². The number of amides is 1. The van der Waals surface area contributed by atoms with Crippen LogP contribution in [0.1, 0.15) is 5.56 Å². The molecule has 0 bridgehead atoms. The maximum atomic E-state index is 13.0. The van der Waals surface area contributed by atoms with E-state index in [1.807, 2.05) is 0 Å². The molecule has 5 nitrogen and oxygen atoms in total. The maximum Gasteiger partial charge on any atom is 0.322 e. The third kappa shape index (κ3) is 4.10. The summed E-state index contributed by atoms with van der Waals surface area (Å²) in [5, 5.41) is 10.6. The Balaban J connectivity index is 2.69. The Morgan fingerprint density at radius 2 is 2.18 bits per heavy atom. The molecule has 1 aromatic carbocycles. The van der Waals surface area contributed by atoms with Crippen molar-refractivity contribution in [2.75, 3.05) is 13.7 Å². The van der Waals surface area contributed by atoms with Gasteiger partial charge >= 0.3 is 5.97 Å². The van der Waals surface area contributed by atoms with Gasteiger partial charge < -0.3 is 15.2 Å². The van der Waals surface area contributed by atoms with E-state index in [-0.39, 0.29) is 6.42 Å². The molecule has 1 aromatic rings. The van der Waals surface area contributed by atoms with E-state index in [9.17, 15) is 14.0 Å². The molecule has 0 saturated carbocycles. The summed E-state index contributed by atoms with van der Waals surface area (Å²) < 4.78 is 17.9. The molecule has 0 aliphatic heterocycles. The molecule has 0 aromatic heterocycles. The molecular weight excluding hydrogens is 229 g/mol. The van der Waals surface area contributed by atoms with Crippen LogP contribution in [0.15, 0.2) is 18.2 Å². The van der Waals surface area contributed by atoms with E-state index in [0.29, 0.717) is 11.3 Å². The highest BCUT2D eigenvalue weighted by atomic mass is 19.1. The molecule has 92 valence electrons. The van der Waals surface area contributed by atoms with Crippen LogP contribution in [0.25, 0.3) is 0 Å². The average Bonchev–Trinajstić information content (AvgIpc) is 2.27. The van der Waals surface area contributed by atoms with Gasteiger partial charge in [0.25, 0.3) is 0 Å². The topological polar surface area (TPSA) is 75.6 Å². The fourth-order valence-electron chi connectivity index (χ4n) is 1.29. The predicted molar refractivity (Wildman–Crippen MR) is 57.3 cm³/mol. The summed E-state index contributed by atoms with van der Waals surface area (Å²) in [6.07, 6.45) is -0.131. The van der Waals surface area contributed by atoms with Gasteiger partial charge in [0.05, 0.1) is 13.5 Å². The molecule has 1 amide bonds. The number of hydrogen-bond acceptors (Lipinski definition) is 3. The third-order valence-electron chi connectivity index (χ3n) is 2.03. The minimum Gasteiger partial charge on any atom is -0.496 e. The summed E-state index contributed by atoms with van der Waals surface area (Å²) in [7, 11) is 1.41. The fraction of sp³-hybridized carbons (Fsp3) is 0.273. The molecule has 0 aliphatic rings. The van der Waals surface area contributed by atoms with Crippen LogP contribution in [0.4, 0.5) is 4.39 Å². The van der Waals surface area contributed by atoms with Gasteiger partial charge in [0.1, 0.15) is 18.1 Å². The lowest BCUT2D eigenvalue weighted by atomic mass is 10.1. The van der Waals surface area contributed by atoms with E-state index in [4.69, 9.17) is 9.84 Å². The van der Waals surface area contributed by atoms with Crippen LogP contribution in [0.2, 0.25) is 0 Å². The van der Waals surface area contributed by atoms with Gasteiger partial charge in [-0.05, 0) is 18.2 Å². The number of carboxylic acids is 1. The molecule has 1 rings (SSSR count). The number of aliphatic carboxylic acids is 1. The van der Waals surface area contributed by atoms with Crippen LogP contribution < -0.4 is 10.1 Å². The van der Waals surface area contributed by atoms with Crippen LogP contribution in [0.5, 0.6) is 5.75 Å². The van der Waals surface area contributed by atoms with Crippen LogP contribution in [-0.2, 0) is 16.0 Å². The molecular formula is C11H12FNO4. The van der Waals surface area contributed by atoms with Crippen molar-refractivity contribution in [3.05, 3.63) is 29.6 Å². The summed E-state index contributed by atoms with van der Waals surface area (Å²) in [6.45, 7) is -0.462. The van der Waals surface area contributed by atoms with Gasteiger partial charge in [0.2, 0.25) is 5.91 Å². The molecule has 0 aliphatic carbocycles. The Morgan fingerprint density at radius 3 is 2.76 bits per heavy atom. The van der Waals surface area contributed by atoms with E-state index in [2.05, 4.69) is 5.32 Å². The first-order valence-corrected chi connectivity index (χ1v) is 4.84. The molecule has 0 fully saturated rings. The van der Waals surface area contributed by atoms with E-state index < -0.39 is 24.2 Å². The van der Waals surface area contributed by atoms with Crippen LogP contribution >= 0.6 is 0 Å². The standard InChI is InChI=1S/C11H12FNO4/c1-17-9-3-2-8(12)4-7(9)5-10(14)13-6-11(15)16/h2-4H,5-6H2,1H3,(H,13,14)(H,15,16). The van der Waals surface area contributed by atoms with Crippen molar-refractivity contribution in [1.29, 1.82) is 0 Å². The van der Waals surface area contributed by atoms with E-state index >= 15 is 0 Å². The highest BCUT2D eigenvalue weighted by Crippen LogP contribution is 2.19. The summed E-state index contributed by atoms with van der Waals surface area (Å²) in [4.78, 5) is 21.6. The third-order valence-corrected chi connectivity index (χ3v) is 2.03. The lowest BCUT2D eigenvalue weighted by Gasteiger charge is -2.08. The maximum absolute atomic E-state index is 13.0. The summed E-state index contributed by atoms with van der Waals surface area (Å²) >= 11 is 0. The Kier molecular flexibility index (Phi) is 4.45. The van der Waals surface area contributed by atoms with Gasteiger partial charge in [-0.2, -0.15) is 0 Å². The summed E-state index contributed by atoms with van der Waals surface area (Å²) in [5.41, 5.74) is 0.371. The number of benzene rings is 1. The first-order chi connectivity index (χ1) is 8.02. The lowest BCUT2D eigenvalue weighted by Crippen LogP contribution is -2.30. The Morgan fingerprint density at radius 1 is 1.47 bits per heavy atom. The van der Waals surface area contributed by atoms with Gasteiger partial charge in [-0.1, -0.05) is 0 Å². The first kappa shape index (κ1) is 13.0. The fourth-order valence-corrected chi connectivity index (χ4v) is 1.29. The predicted octanol–water partition coefficient (Wildman–Crippen LogP) is 0.578. The average molecular weight is 241 g/mol.